The zero-order valence-corrected chi connectivity index (χ0v) is 18.8. The van der Waals surface area contributed by atoms with Gasteiger partial charge in [0.25, 0.3) is 0 Å². The first-order valence-corrected chi connectivity index (χ1v) is 8.50. The van der Waals surface area contributed by atoms with Gasteiger partial charge in [-0.1, -0.05) is 38.1 Å². The molecule has 0 spiro atoms. The SMILES string of the molecule is Cc1ccc[c-]1C.[Cl-].[Cl-].[Ti+4].c1ccc2[cH-]c(-n3ncc4ccccc43)cc2c1. The number of hydrogen-bond donors (Lipinski definition) is 0. The van der Waals surface area contributed by atoms with Crippen molar-refractivity contribution in [3.8, 4) is 5.69 Å². The summed E-state index contributed by atoms with van der Waals surface area (Å²) in [5, 5.41) is 8.16. The zero-order chi connectivity index (χ0) is 17.2. The molecule has 4 aromatic carbocycles. The molecule has 0 saturated carbocycles. The van der Waals surface area contributed by atoms with E-state index in [-0.39, 0.29) is 46.5 Å². The number of para-hydroxylation sites is 1. The van der Waals surface area contributed by atoms with Gasteiger partial charge in [0.2, 0.25) is 0 Å². The van der Waals surface area contributed by atoms with Crippen molar-refractivity contribution in [2.24, 2.45) is 0 Å². The monoisotopic (exact) mass is 442 g/mol. The molecule has 5 rings (SSSR count). The number of rotatable bonds is 1. The first-order valence-electron chi connectivity index (χ1n) is 8.50. The van der Waals surface area contributed by atoms with Crippen LogP contribution in [0.3, 0.4) is 0 Å². The van der Waals surface area contributed by atoms with E-state index < -0.39 is 0 Å². The van der Waals surface area contributed by atoms with Crippen LogP contribution < -0.4 is 24.8 Å². The number of nitrogens with zero attached hydrogens (tertiary/aromatic N) is 2. The van der Waals surface area contributed by atoms with E-state index in [0.717, 1.165) is 11.2 Å². The number of halogens is 2. The van der Waals surface area contributed by atoms with Gasteiger partial charge in [-0.2, -0.15) is 22.3 Å². The van der Waals surface area contributed by atoms with Gasteiger partial charge in [0.1, 0.15) is 0 Å². The Morgan fingerprint density at radius 3 is 2.18 bits per heavy atom. The summed E-state index contributed by atoms with van der Waals surface area (Å²) < 4.78 is 2.00. The maximum atomic E-state index is 4.48. The van der Waals surface area contributed by atoms with Crippen LogP contribution in [0.15, 0.2) is 85.1 Å². The fraction of sp³-hybridized carbons (Fsp3) is 0.0870. The van der Waals surface area contributed by atoms with Crippen molar-refractivity contribution in [2.45, 2.75) is 13.8 Å². The molecule has 5 aromatic rings. The molecule has 2 nitrogen and oxygen atoms in total. The van der Waals surface area contributed by atoms with Crippen molar-refractivity contribution in [3.05, 3.63) is 96.2 Å². The molecule has 0 bridgehead atoms. The van der Waals surface area contributed by atoms with Crippen molar-refractivity contribution >= 4 is 21.7 Å². The smallest absolute Gasteiger partial charge is 1.00 e. The molecular formula is C23H20Cl2N2Ti. The van der Waals surface area contributed by atoms with Crippen LogP contribution in [0, 0.1) is 13.8 Å². The van der Waals surface area contributed by atoms with Gasteiger partial charge in [-0.25, -0.2) is 12.1 Å². The summed E-state index contributed by atoms with van der Waals surface area (Å²) in [4.78, 5) is 0. The summed E-state index contributed by atoms with van der Waals surface area (Å²) in [5.41, 5.74) is 5.05. The van der Waals surface area contributed by atoms with E-state index in [2.05, 4.69) is 85.7 Å². The third-order valence-electron chi connectivity index (χ3n) is 4.64. The molecule has 0 aliphatic carbocycles. The van der Waals surface area contributed by atoms with Crippen molar-refractivity contribution < 1.29 is 46.5 Å². The maximum Gasteiger partial charge on any atom is 4.00 e. The van der Waals surface area contributed by atoms with Gasteiger partial charge in [0.15, 0.2) is 0 Å². The molecule has 0 amide bonds. The summed E-state index contributed by atoms with van der Waals surface area (Å²) in [5.74, 6) is 0. The van der Waals surface area contributed by atoms with E-state index in [1.807, 2.05) is 23.0 Å². The third kappa shape index (κ3) is 4.95. The van der Waals surface area contributed by atoms with Crippen molar-refractivity contribution in [1.29, 1.82) is 0 Å². The summed E-state index contributed by atoms with van der Waals surface area (Å²) in [7, 11) is 0. The summed E-state index contributed by atoms with van der Waals surface area (Å²) in [6, 6.07) is 27.3. The van der Waals surface area contributed by atoms with Crippen molar-refractivity contribution in [3.63, 3.8) is 0 Å². The quantitative estimate of drug-likeness (QED) is 0.262. The second kappa shape index (κ2) is 10.6. The predicted octanol–water partition coefficient (Wildman–Crippen LogP) is -0.0746. The van der Waals surface area contributed by atoms with Crippen LogP contribution >= 0.6 is 0 Å². The molecule has 0 unspecified atom stereocenters. The molecule has 0 atom stereocenters. The van der Waals surface area contributed by atoms with Gasteiger partial charge >= 0.3 is 21.7 Å². The number of aryl methyl sites for hydroxylation is 2. The van der Waals surface area contributed by atoms with E-state index in [0.29, 0.717) is 0 Å². The first-order chi connectivity index (χ1) is 12.2. The normalized spacial score (nSPS) is 9.64. The third-order valence-corrected chi connectivity index (χ3v) is 4.64. The van der Waals surface area contributed by atoms with Gasteiger partial charge < -0.3 is 24.8 Å². The summed E-state index contributed by atoms with van der Waals surface area (Å²) in [6.45, 7) is 4.24. The Kier molecular flexibility index (Phi) is 9.20. The number of hydrogen-bond acceptors (Lipinski definition) is 1. The first kappa shape index (κ1) is 24.2. The average molecular weight is 443 g/mol. The minimum atomic E-state index is 0. The Morgan fingerprint density at radius 2 is 1.57 bits per heavy atom. The van der Waals surface area contributed by atoms with Crippen LogP contribution in [0.5, 0.6) is 0 Å². The molecule has 1 heterocycles. The molecule has 28 heavy (non-hydrogen) atoms. The molecule has 0 saturated heterocycles. The molecule has 0 aliphatic heterocycles. The van der Waals surface area contributed by atoms with Crippen molar-refractivity contribution in [1.82, 2.24) is 9.78 Å². The molecule has 0 aliphatic rings. The van der Waals surface area contributed by atoms with Crippen LogP contribution in [0.2, 0.25) is 0 Å². The van der Waals surface area contributed by atoms with Crippen LogP contribution in [0.1, 0.15) is 11.1 Å². The topological polar surface area (TPSA) is 17.8 Å². The van der Waals surface area contributed by atoms with E-state index in [4.69, 9.17) is 0 Å². The average Bonchev–Trinajstić information content (AvgIpc) is 3.34. The molecular weight excluding hydrogens is 423 g/mol. The van der Waals surface area contributed by atoms with Crippen LogP contribution in [-0.2, 0) is 21.7 Å². The minimum Gasteiger partial charge on any atom is -1.00 e. The van der Waals surface area contributed by atoms with E-state index in [1.54, 1.807) is 0 Å². The second-order valence-electron chi connectivity index (χ2n) is 6.35. The van der Waals surface area contributed by atoms with Gasteiger partial charge in [0, 0.05) is 5.39 Å². The zero-order valence-electron chi connectivity index (χ0n) is 15.7. The van der Waals surface area contributed by atoms with Gasteiger partial charge in [-0.05, 0) is 11.8 Å². The van der Waals surface area contributed by atoms with Crippen LogP contribution in [-0.4, -0.2) is 9.78 Å². The van der Waals surface area contributed by atoms with Gasteiger partial charge in [0.05, 0.1) is 11.7 Å². The van der Waals surface area contributed by atoms with E-state index >= 15 is 0 Å². The van der Waals surface area contributed by atoms with Crippen LogP contribution in [0.25, 0.3) is 27.4 Å². The Bertz CT molecular complexity index is 1090. The Balaban J connectivity index is 0.000000341. The Hall–Kier alpha value is -1.84. The predicted molar refractivity (Wildman–Crippen MR) is 106 cm³/mol. The van der Waals surface area contributed by atoms with Crippen LogP contribution in [0.4, 0.5) is 0 Å². The van der Waals surface area contributed by atoms with Crippen molar-refractivity contribution in [2.75, 3.05) is 0 Å². The van der Waals surface area contributed by atoms with E-state index in [9.17, 15) is 0 Å². The number of fused-ring (bicyclic) bond motifs is 2. The van der Waals surface area contributed by atoms with E-state index in [1.165, 1.54) is 27.3 Å². The fourth-order valence-corrected chi connectivity index (χ4v) is 3.03. The largest absolute Gasteiger partial charge is 4.00 e. The molecule has 0 N–H and O–H groups in total. The van der Waals surface area contributed by atoms with Gasteiger partial charge in [-0.15, -0.1) is 41.1 Å². The molecule has 0 radical (unpaired) electrons. The number of benzene rings is 2. The minimum absolute atomic E-state index is 0. The fourth-order valence-electron chi connectivity index (χ4n) is 3.03. The summed E-state index contributed by atoms with van der Waals surface area (Å²) in [6.07, 6.45) is 1.91. The molecule has 140 valence electrons. The number of aromatic nitrogens is 2. The van der Waals surface area contributed by atoms with Gasteiger partial charge in [-0.3, -0.25) is 4.68 Å². The Labute approximate surface area is 193 Å². The standard InChI is InChI=1S/C16H11N2.C7H9.2ClH.Ti/c1-2-6-13-10-15(9-12(13)5-1)18-16-8-4-3-7-14(16)11-17-18;1-6-4-3-5-7(6)2;;;/h1-11H;3-5H,1-2H3;2*1H;/q2*-1;;;+4/p-2. The second-order valence-corrected chi connectivity index (χ2v) is 6.35. The summed E-state index contributed by atoms with van der Waals surface area (Å²) >= 11 is 0. The Morgan fingerprint density at radius 1 is 0.893 bits per heavy atom. The molecule has 5 heteroatoms. The molecule has 0 fully saturated rings. The maximum absolute atomic E-state index is 4.48. The molecule has 1 aromatic heterocycles.